The van der Waals surface area contributed by atoms with Crippen molar-refractivity contribution in [3.63, 3.8) is 0 Å². The Kier molecular flexibility index (Phi) is 7.63. The van der Waals surface area contributed by atoms with Crippen LogP contribution in [0.15, 0.2) is 66.4 Å². The monoisotopic (exact) mass is 392 g/mol. The minimum Gasteiger partial charge on any atom is -0.457 e. The van der Waals surface area contributed by atoms with Crippen LogP contribution in [0.4, 0.5) is 5.69 Å². The number of hydrogen-bond donors (Lipinski definition) is 2. The third-order valence-electron chi connectivity index (χ3n) is 4.38. The Labute approximate surface area is 170 Å². The van der Waals surface area contributed by atoms with Gasteiger partial charge >= 0.3 is 0 Å². The molecule has 1 amide bonds. The predicted octanol–water partition coefficient (Wildman–Crippen LogP) is 2.75. The van der Waals surface area contributed by atoms with Crippen molar-refractivity contribution in [2.24, 2.45) is 0 Å². The molecule has 7 nitrogen and oxygen atoms in total. The molecular weight excluding hydrogens is 368 g/mol. The number of hydrogen-bond acceptors (Lipinski definition) is 6. The molecule has 0 radical (unpaired) electrons. The van der Waals surface area contributed by atoms with Crippen LogP contribution in [0.25, 0.3) is 0 Å². The molecule has 1 saturated heterocycles. The summed E-state index contributed by atoms with van der Waals surface area (Å²) in [6.07, 6.45) is 1.46. The van der Waals surface area contributed by atoms with Gasteiger partial charge in [0.15, 0.2) is 0 Å². The Morgan fingerprint density at radius 2 is 1.79 bits per heavy atom. The predicted molar refractivity (Wildman–Crippen MR) is 111 cm³/mol. The molecule has 29 heavy (non-hydrogen) atoms. The van der Waals surface area contributed by atoms with E-state index in [-0.39, 0.29) is 5.57 Å². The molecule has 0 unspecified atom stereocenters. The molecule has 0 atom stereocenters. The van der Waals surface area contributed by atoms with Crippen molar-refractivity contribution in [3.05, 3.63) is 66.4 Å². The first kappa shape index (κ1) is 20.4. The molecule has 1 heterocycles. The number of ether oxygens (including phenoxy) is 2. The number of nitriles is 1. The van der Waals surface area contributed by atoms with E-state index < -0.39 is 5.91 Å². The van der Waals surface area contributed by atoms with Crippen molar-refractivity contribution in [2.45, 2.75) is 0 Å². The zero-order valence-electron chi connectivity index (χ0n) is 16.1. The number of anilines is 1. The lowest BCUT2D eigenvalue weighted by atomic mass is 10.2. The SMILES string of the molecule is N#C/C(=C/NCCN1CCOCC1)C(=O)Nc1ccc(Oc2ccccc2)cc1. The van der Waals surface area contributed by atoms with E-state index in [0.717, 1.165) is 38.6 Å². The van der Waals surface area contributed by atoms with Gasteiger partial charge in [0.1, 0.15) is 23.1 Å². The molecule has 0 aromatic heterocycles. The molecule has 3 rings (SSSR count). The number of benzene rings is 2. The molecule has 1 aliphatic heterocycles. The van der Waals surface area contributed by atoms with Gasteiger partial charge in [0, 0.05) is 38.1 Å². The standard InChI is InChI=1S/C22H24N4O3/c23-16-18(17-24-10-11-26-12-14-28-15-13-26)22(27)25-19-6-8-21(9-7-19)29-20-4-2-1-3-5-20/h1-9,17,24H,10-15H2,(H,25,27)/b18-17-. The minimum atomic E-state index is -0.455. The summed E-state index contributed by atoms with van der Waals surface area (Å²) in [5.41, 5.74) is 0.612. The number of amides is 1. The maximum absolute atomic E-state index is 12.3. The maximum Gasteiger partial charge on any atom is 0.267 e. The Bertz CT molecular complexity index is 854. The van der Waals surface area contributed by atoms with Gasteiger partial charge in [0.25, 0.3) is 5.91 Å². The number of nitrogens with one attached hydrogen (secondary N) is 2. The topological polar surface area (TPSA) is 86.6 Å². The van der Waals surface area contributed by atoms with Crippen LogP contribution in [-0.2, 0) is 9.53 Å². The summed E-state index contributed by atoms with van der Waals surface area (Å²) >= 11 is 0. The highest BCUT2D eigenvalue weighted by Gasteiger charge is 2.11. The van der Waals surface area contributed by atoms with Gasteiger partial charge in [0.2, 0.25) is 0 Å². The lowest BCUT2D eigenvalue weighted by molar-refractivity contribution is -0.112. The van der Waals surface area contributed by atoms with Crippen molar-refractivity contribution in [3.8, 4) is 17.6 Å². The molecule has 2 aromatic rings. The minimum absolute atomic E-state index is 0.0246. The Balaban J connectivity index is 1.47. The van der Waals surface area contributed by atoms with Gasteiger partial charge in [-0.15, -0.1) is 0 Å². The summed E-state index contributed by atoms with van der Waals surface area (Å²) in [6, 6.07) is 18.4. The molecule has 1 fully saturated rings. The zero-order valence-corrected chi connectivity index (χ0v) is 16.1. The second kappa shape index (κ2) is 10.9. The summed E-state index contributed by atoms with van der Waals surface area (Å²) in [5.74, 6) is 0.945. The number of nitrogens with zero attached hydrogens (tertiary/aromatic N) is 2. The second-order valence-corrected chi connectivity index (χ2v) is 6.47. The lowest BCUT2D eigenvalue weighted by Crippen LogP contribution is -2.39. The Morgan fingerprint density at radius 3 is 2.48 bits per heavy atom. The first-order chi connectivity index (χ1) is 14.2. The third-order valence-corrected chi connectivity index (χ3v) is 4.38. The highest BCUT2D eigenvalue weighted by Crippen LogP contribution is 2.22. The number of para-hydroxylation sites is 1. The lowest BCUT2D eigenvalue weighted by Gasteiger charge is -2.26. The van der Waals surface area contributed by atoms with Gasteiger partial charge in [-0.2, -0.15) is 5.26 Å². The molecule has 0 saturated carbocycles. The van der Waals surface area contributed by atoms with E-state index in [1.165, 1.54) is 6.20 Å². The van der Waals surface area contributed by atoms with Crippen LogP contribution in [0.1, 0.15) is 0 Å². The number of rotatable bonds is 8. The van der Waals surface area contributed by atoms with Crippen molar-refractivity contribution in [1.29, 1.82) is 5.26 Å². The summed E-state index contributed by atoms with van der Waals surface area (Å²) in [4.78, 5) is 14.6. The summed E-state index contributed by atoms with van der Waals surface area (Å²) in [7, 11) is 0. The molecule has 7 heteroatoms. The summed E-state index contributed by atoms with van der Waals surface area (Å²) in [5, 5.41) is 15.0. The van der Waals surface area contributed by atoms with E-state index in [1.54, 1.807) is 24.3 Å². The van der Waals surface area contributed by atoms with Crippen LogP contribution >= 0.6 is 0 Å². The average Bonchev–Trinajstić information content (AvgIpc) is 2.76. The molecule has 150 valence electrons. The van der Waals surface area contributed by atoms with E-state index in [1.807, 2.05) is 36.4 Å². The molecule has 0 bridgehead atoms. The normalized spacial score (nSPS) is 14.7. The van der Waals surface area contributed by atoms with E-state index >= 15 is 0 Å². The summed E-state index contributed by atoms with van der Waals surface area (Å²) in [6.45, 7) is 4.79. The first-order valence-corrected chi connectivity index (χ1v) is 9.52. The quantitative estimate of drug-likeness (QED) is 0.408. The third kappa shape index (κ3) is 6.64. The van der Waals surface area contributed by atoms with Crippen LogP contribution in [-0.4, -0.2) is 50.2 Å². The van der Waals surface area contributed by atoms with Crippen LogP contribution in [0, 0.1) is 11.3 Å². The van der Waals surface area contributed by atoms with Crippen molar-refractivity contribution in [2.75, 3.05) is 44.7 Å². The Morgan fingerprint density at radius 1 is 1.10 bits per heavy atom. The molecule has 2 aromatic carbocycles. The van der Waals surface area contributed by atoms with E-state index in [9.17, 15) is 10.1 Å². The first-order valence-electron chi connectivity index (χ1n) is 9.52. The van der Waals surface area contributed by atoms with Gasteiger partial charge in [0.05, 0.1) is 13.2 Å². The molecule has 0 aliphatic carbocycles. The molecule has 2 N–H and O–H groups in total. The fraction of sp³-hybridized carbons (Fsp3) is 0.273. The highest BCUT2D eigenvalue weighted by atomic mass is 16.5. The van der Waals surface area contributed by atoms with Crippen LogP contribution < -0.4 is 15.4 Å². The van der Waals surface area contributed by atoms with Gasteiger partial charge in [-0.3, -0.25) is 9.69 Å². The molecular formula is C22H24N4O3. The van der Waals surface area contributed by atoms with E-state index in [0.29, 0.717) is 18.0 Å². The number of carbonyl (C=O) groups is 1. The fourth-order valence-corrected chi connectivity index (χ4v) is 2.80. The van der Waals surface area contributed by atoms with Crippen molar-refractivity contribution in [1.82, 2.24) is 10.2 Å². The smallest absolute Gasteiger partial charge is 0.267 e. The van der Waals surface area contributed by atoms with Gasteiger partial charge in [-0.05, 0) is 36.4 Å². The van der Waals surface area contributed by atoms with Crippen LogP contribution in [0.5, 0.6) is 11.5 Å². The van der Waals surface area contributed by atoms with Crippen molar-refractivity contribution < 1.29 is 14.3 Å². The fourth-order valence-electron chi connectivity index (χ4n) is 2.80. The van der Waals surface area contributed by atoms with E-state index in [4.69, 9.17) is 9.47 Å². The van der Waals surface area contributed by atoms with Gasteiger partial charge < -0.3 is 20.1 Å². The summed E-state index contributed by atoms with van der Waals surface area (Å²) < 4.78 is 11.0. The van der Waals surface area contributed by atoms with Gasteiger partial charge in [-0.25, -0.2) is 0 Å². The number of carbonyl (C=O) groups excluding carboxylic acids is 1. The van der Waals surface area contributed by atoms with Crippen molar-refractivity contribution >= 4 is 11.6 Å². The molecule has 1 aliphatic rings. The van der Waals surface area contributed by atoms with Gasteiger partial charge in [-0.1, -0.05) is 18.2 Å². The highest BCUT2D eigenvalue weighted by molar-refractivity contribution is 6.06. The molecule has 0 spiro atoms. The van der Waals surface area contributed by atoms with Crippen LogP contribution in [0.2, 0.25) is 0 Å². The Hall–Kier alpha value is -3.34. The largest absolute Gasteiger partial charge is 0.457 e. The average molecular weight is 392 g/mol. The maximum atomic E-state index is 12.3. The van der Waals surface area contributed by atoms with Crippen LogP contribution in [0.3, 0.4) is 0 Å². The zero-order chi connectivity index (χ0) is 20.3. The van der Waals surface area contributed by atoms with E-state index in [2.05, 4.69) is 15.5 Å². The number of morpholine rings is 1. The second-order valence-electron chi connectivity index (χ2n) is 6.47.